The lowest BCUT2D eigenvalue weighted by atomic mass is 10.1. The van der Waals surface area contributed by atoms with Crippen molar-refractivity contribution in [3.63, 3.8) is 0 Å². The zero-order chi connectivity index (χ0) is 6.48. The van der Waals surface area contributed by atoms with Gasteiger partial charge in [-0.05, 0) is 12.8 Å². The molecular formula is C7H8F2. The minimum absolute atomic E-state index is 0.303. The van der Waals surface area contributed by atoms with E-state index in [4.69, 9.17) is 0 Å². The maximum Gasteiger partial charge on any atom is 0.255 e. The van der Waals surface area contributed by atoms with Crippen molar-refractivity contribution in [3.05, 3.63) is 12.2 Å². The summed E-state index contributed by atoms with van der Waals surface area (Å²) in [5.41, 5.74) is 0. The van der Waals surface area contributed by atoms with E-state index in [0.717, 1.165) is 0 Å². The summed E-state index contributed by atoms with van der Waals surface area (Å²) in [6.07, 6.45) is 4.92. The molecule has 2 atom stereocenters. The zero-order valence-electron chi connectivity index (χ0n) is 4.98. The third-order valence-electron chi connectivity index (χ3n) is 2.31. The Morgan fingerprint density at radius 3 is 1.89 bits per heavy atom. The van der Waals surface area contributed by atoms with Crippen molar-refractivity contribution in [2.75, 3.05) is 0 Å². The third kappa shape index (κ3) is 0.562. The second kappa shape index (κ2) is 1.36. The SMILES string of the molecule is FC1(F)C2CC=CCC21. The Hall–Kier alpha value is -0.400. The molecular weight excluding hydrogens is 122 g/mol. The lowest BCUT2D eigenvalue weighted by Gasteiger charge is -1.93. The van der Waals surface area contributed by atoms with Crippen molar-refractivity contribution in [2.45, 2.75) is 18.8 Å². The number of fused-ring (bicyclic) bond motifs is 1. The first kappa shape index (κ1) is 5.39. The van der Waals surface area contributed by atoms with Crippen LogP contribution in [0.5, 0.6) is 0 Å². The van der Waals surface area contributed by atoms with Crippen molar-refractivity contribution >= 4 is 0 Å². The number of rotatable bonds is 0. The molecule has 0 aromatic rings. The van der Waals surface area contributed by atoms with Gasteiger partial charge in [-0.15, -0.1) is 0 Å². The van der Waals surface area contributed by atoms with Crippen LogP contribution < -0.4 is 0 Å². The van der Waals surface area contributed by atoms with Gasteiger partial charge < -0.3 is 0 Å². The smallest absolute Gasteiger partial charge is 0.206 e. The molecule has 2 aliphatic carbocycles. The fourth-order valence-electron chi connectivity index (χ4n) is 1.59. The van der Waals surface area contributed by atoms with Crippen LogP contribution in [0.3, 0.4) is 0 Å². The van der Waals surface area contributed by atoms with E-state index in [1.165, 1.54) is 0 Å². The van der Waals surface area contributed by atoms with E-state index in [2.05, 4.69) is 0 Å². The van der Waals surface area contributed by atoms with Crippen molar-refractivity contribution < 1.29 is 8.78 Å². The molecule has 0 heterocycles. The standard InChI is InChI=1S/C7H8F2/c8-7(9)5-3-1-2-4-6(5)7/h1-2,5-6H,3-4H2. The van der Waals surface area contributed by atoms with Crippen molar-refractivity contribution in [3.8, 4) is 0 Å². The molecule has 1 fully saturated rings. The summed E-state index contributed by atoms with van der Waals surface area (Å²) in [7, 11) is 0. The molecule has 2 heteroatoms. The van der Waals surface area contributed by atoms with Gasteiger partial charge in [0.1, 0.15) is 0 Å². The Balaban J connectivity index is 2.14. The Morgan fingerprint density at radius 2 is 1.56 bits per heavy atom. The van der Waals surface area contributed by atoms with Gasteiger partial charge in [0, 0.05) is 11.8 Å². The topological polar surface area (TPSA) is 0 Å². The van der Waals surface area contributed by atoms with Crippen molar-refractivity contribution in [1.29, 1.82) is 0 Å². The molecule has 9 heavy (non-hydrogen) atoms. The number of hydrogen-bond acceptors (Lipinski definition) is 0. The number of allylic oxidation sites excluding steroid dienone is 2. The molecule has 0 aromatic carbocycles. The van der Waals surface area contributed by atoms with Crippen molar-refractivity contribution in [1.82, 2.24) is 0 Å². The van der Waals surface area contributed by atoms with Gasteiger partial charge in [0.25, 0.3) is 5.92 Å². The molecule has 0 aromatic heterocycles. The van der Waals surface area contributed by atoms with Crippen LogP contribution in [0.15, 0.2) is 12.2 Å². The van der Waals surface area contributed by atoms with Gasteiger partial charge in [0.05, 0.1) is 0 Å². The Bertz CT molecular complexity index is 144. The average molecular weight is 130 g/mol. The minimum atomic E-state index is -2.32. The van der Waals surface area contributed by atoms with E-state index >= 15 is 0 Å². The minimum Gasteiger partial charge on any atom is -0.206 e. The summed E-state index contributed by atoms with van der Waals surface area (Å²) in [6.45, 7) is 0. The fraction of sp³-hybridized carbons (Fsp3) is 0.714. The Kier molecular flexibility index (Phi) is 0.815. The first-order chi connectivity index (χ1) is 4.23. The van der Waals surface area contributed by atoms with E-state index in [0.29, 0.717) is 12.8 Å². The van der Waals surface area contributed by atoms with Crippen molar-refractivity contribution in [2.24, 2.45) is 11.8 Å². The van der Waals surface area contributed by atoms with Crippen LogP contribution in [0.4, 0.5) is 8.78 Å². The van der Waals surface area contributed by atoms with Crippen LogP contribution in [-0.2, 0) is 0 Å². The molecule has 2 rings (SSSR count). The van der Waals surface area contributed by atoms with Gasteiger partial charge in [-0.2, -0.15) is 0 Å². The summed E-state index contributed by atoms with van der Waals surface area (Å²) in [5, 5.41) is 0. The summed E-state index contributed by atoms with van der Waals surface area (Å²) in [5.74, 6) is -2.92. The van der Waals surface area contributed by atoms with Gasteiger partial charge in [0.15, 0.2) is 0 Å². The molecule has 1 saturated carbocycles. The predicted octanol–water partition coefficient (Wildman–Crippen LogP) is 2.22. The molecule has 0 N–H and O–H groups in total. The van der Waals surface area contributed by atoms with Crippen LogP contribution in [0, 0.1) is 11.8 Å². The molecule has 2 unspecified atom stereocenters. The molecule has 0 amide bonds. The number of alkyl halides is 2. The molecule has 0 nitrogen and oxygen atoms in total. The van der Waals surface area contributed by atoms with Crippen LogP contribution in [-0.4, -0.2) is 5.92 Å². The van der Waals surface area contributed by atoms with Gasteiger partial charge in [-0.3, -0.25) is 0 Å². The molecule has 0 bridgehead atoms. The third-order valence-corrected chi connectivity index (χ3v) is 2.31. The monoisotopic (exact) mass is 130 g/mol. The zero-order valence-corrected chi connectivity index (χ0v) is 4.98. The highest BCUT2D eigenvalue weighted by molar-refractivity contribution is 5.14. The van der Waals surface area contributed by atoms with Crippen LogP contribution in [0.1, 0.15) is 12.8 Å². The normalized spacial score (nSPS) is 44.2. The highest BCUT2D eigenvalue weighted by Crippen LogP contribution is 2.60. The fourth-order valence-corrected chi connectivity index (χ4v) is 1.59. The molecule has 0 radical (unpaired) electrons. The largest absolute Gasteiger partial charge is 0.255 e. The molecule has 0 aliphatic heterocycles. The summed E-state index contributed by atoms with van der Waals surface area (Å²) in [6, 6.07) is 0. The highest BCUT2D eigenvalue weighted by atomic mass is 19.3. The first-order valence-electron chi connectivity index (χ1n) is 3.25. The maximum atomic E-state index is 12.5. The quantitative estimate of drug-likeness (QED) is 0.441. The van der Waals surface area contributed by atoms with E-state index in [-0.39, 0.29) is 11.8 Å². The molecule has 50 valence electrons. The Labute approximate surface area is 52.6 Å². The summed E-state index contributed by atoms with van der Waals surface area (Å²) < 4.78 is 24.9. The molecule has 2 aliphatic rings. The van der Waals surface area contributed by atoms with Gasteiger partial charge in [0.2, 0.25) is 0 Å². The van der Waals surface area contributed by atoms with Crippen LogP contribution in [0.25, 0.3) is 0 Å². The van der Waals surface area contributed by atoms with E-state index in [9.17, 15) is 8.78 Å². The number of halogens is 2. The Morgan fingerprint density at radius 1 is 1.11 bits per heavy atom. The molecule has 0 spiro atoms. The molecule has 0 saturated heterocycles. The second-order valence-corrected chi connectivity index (χ2v) is 2.83. The van der Waals surface area contributed by atoms with E-state index in [1.807, 2.05) is 12.2 Å². The maximum absolute atomic E-state index is 12.5. The lowest BCUT2D eigenvalue weighted by molar-refractivity contribution is 0.0858. The van der Waals surface area contributed by atoms with Gasteiger partial charge in [-0.25, -0.2) is 8.78 Å². The second-order valence-electron chi connectivity index (χ2n) is 2.83. The predicted molar refractivity (Wildman–Crippen MR) is 30.3 cm³/mol. The summed E-state index contributed by atoms with van der Waals surface area (Å²) >= 11 is 0. The number of hydrogen-bond donors (Lipinski definition) is 0. The van der Waals surface area contributed by atoms with Crippen LogP contribution >= 0.6 is 0 Å². The average Bonchev–Trinajstić information content (AvgIpc) is 2.39. The van der Waals surface area contributed by atoms with Gasteiger partial charge >= 0.3 is 0 Å². The van der Waals surface area contributed by atoms with E-state index in [1.54, 1.807) is 0 Å². The van der Waals surface area contributed by atoms with Gasteiger partial charge in [-0.1, -0.05) is 12.2 Å². The summed E-state index contributed by atoms with van der Waals surface area (Å²) in [4.78, 5) is 0. The highest BCUT2D eigenvalue weighted by Gasteiger charge is 2.66. The first-order valence-corrected chi connectivity index (χ1v) is 3.25. The van der Waals surface area contributed by atoms with Crippen LogP contribution in [0.2, 0.25) is 0 Å². The van der Waals surface area contributed by atoms with E-state index < -0.39 is 5.92 Å². The lowest BCUT2D eigenvalue weighted by Crippen LogP contribution is -1.92.